The first kappa shape index (κ1) is 13.9. The quantitative estimate of drug-likeness (QED) is 0.892. The van der Waals surface area contributed by atoms with Crippen LogP contribution in [-0.4, -0.2) is 16.1 Å². The van der Waals surface area contributed by atoms with Crippen molar-refractivity contribution in [2.45, 2.75) is 19.8 Å². The predicted molar refractivity (Wildman–Crippen MR) is 76.2 cm³/mol. The number of rotatable bonds is 4. The molecule has 0 aliphatic rings. The largest absolute Gasteiger partial charge is 0.478 e. The molecule has 1 aromatic heterocycles. The summed E-state index contributed by atoms with van der Waals surface area (Å²) in [7, 11) is 0. The van der Waals surface area contributed by atoms with E-state index in [-0.39, 0.29) is 23.0 Å². The molecule has 2 rings (SSSR count). The van der Waals surface area contributed by atoms with Crippen molar-refractivity contribution < 1.29 is 14.6 Å². The number of nitrogen functional groups attached to an aromatic ring is 1. The summed E-state index contributed by atoms with van der Waals surface area (Å²) in [5, 5.41) is 9.04. The van der Waals surface area contributed by atoms with E-state index in [0.29, 0.717) is 5.75 Å². The minimum absolute atomic E-state index is 0.0166. The number of para-hydroxylation sites is 1. The van der Waals surface area contributed by atoms with E-state index in [9.17, 15) is 4.79 Å². The average molecular weight is 272 g/mol. The molecule has 0 radical (unpaired) electrons. The van der Waals surface area contributed by atoms with E-state index in [0.717, 1.165) is 5.56 Å². The topological polar surface area (TPSA) is 85.4 Å². The van der Waals surface area contributed by atoms with Crippen molar-refractivity contribution in [2.24, 2.45) is 0 Å². The van der Waals surface area contributed by atoms with Crippen LogP contribution < -0.4 is 10.5 Å². The lowest BCUT2D eigenvalue weighted by molar-refractivity contribution is 0.0697. The van der Waals surface area contributed by atoms with E-state index in [1.807, 2.05) is 38.1 Å². The van der Waals surface area contributed by atoms with Crippen LogP contribution in [0.1, 0.15) is 35.7 Å². The lowest BCUT2D eigenvalue weighted by Crippen LogP contribution is -2.05. The molecule has 0 fully saturated rings. The summed E-state index contributed by atoms with van der Waals surface area (Å²) in [4.78, 5) is 15.0. The zero-order valence-corrected chi connectivity index (χ0v) is 11.3. The van der Waals surface area contributed by atoms with Gasteiger partial charge in [-0.05, 0) is 23.6 Å². The molecule has 1 aromatic carbocycles. The fourth-order valence-corrected chi connectivity index (χ4v) is 1.88. The fraction of sp³-hybridized carbons (Fsp3) is 0.200. The van der Waals surface area contributed by atoms with Crippen LogP contribution in [0.3, 0.4) is 0 Å². The number of carboxylic acid groups (broad SMARTS) is 1. The number of carbonyl (C=O) groups is 1. The van der Waals surface area contributed by atoms with Gasteiger partial charge in [-0.25, -0.2) is 9.78 Å². The Balaban J connectivity index is 2.41. The minimum atomic E-state index is -1.10. The summed E-state index contributed by atoms with van der Waals surface area (Å²) in [6.07, 6.45) is 1.37. The van der Waals surface area contributed by atoms with E-state index in [1.54, 1.807) is 0 Å². The van der Waals surface area contributed by atoms with Gasteiger partial charge in [-0.15, -0.1) is 0 Å². The van der Waals surface area contributed by atoms with Gasteiger partial charge in [0, 0.05) is 6.20 Å². The van der Waals surface area contributed by atoms with Gasteiger partial charge < -0.3 is 15.6 Å². The molecule has 0 atom stereocenters. The molecule has 0 aliphatic carbocycles. The summed E-state index contributed by atoms with van der Waals surface area (Å²) in [5.74, 6) is -0.0933. The fourth-order valence-electron chi connectivity index (χ4n) is 1.88. The Hall–Kier alpha value is -2.56. The number of hydrogen-bond donors (Lipinski definition) is 2. The number of aromatic nitrogens is 1. The van der Waals surface area contributed by atoms with Crippen LogP contribution in [0, 0.1) is 0 Å². The van der Waals surface area contributed by atoms with Gasteiger partial charge in [0.1, 0.15) is 11.4 Å². The molecule has 0 bridgehead atoms. The van der Waals surface area contributed by atoms with Crippen LogP contribution >= 0.6 is 0 Å². The number of anilines is 1. The van der Waals surface area contributed by atoms with Gasteiger partial charge in [0.15, 0.2) is 0 Å². The molecule has 104 valence electrons. The Bertz CT molecular complexity index is 639. The molecule has 3 N–H and O–H groups in total. The Morgan fingerprint density at radius 1 is 1.30 bits per heavy atom. The summed E-state index contributed by atoms with van der Waals surface area (Å²) >= 11 is 0. The maximum atomic E-state index is 11.0. The predicted octanol–water partition coefficient (Wildman–Crippen LogP) is 3.28. The lowest BCUT2D eigenvalue weighted by Gasteiger charge is -2.14. The van der Waals surface area contributed by atoms with E-state index >= 15 is 0 Å². The standard InChI is InChI=1S/C15H16N2O3/c1-9(2)10-5-3-4-6-12(10)20-14-13(16)11(15(18)19)7-8-17-14/h3-9H,16H2,1-2H3,(H,18,19). The molecule has 0 unspecified atom stereocenters. The lowest BCUT2D eigenvalue weighted by atomic mass is 10.0. The van der Waals surface area contributed by atoms with E-state index < -0.39 is 5.97 Å². The third-order valence-electron chi connectivity index (χ3n) is 2.93. The monoisotopic (exact) mass is 272 g/mol. The van der Waals surface area contributed by atoms with Crippen LogP contribution in [0.5, 0.6) is 11.6 Å². The Morgan fingerprint density at radius 2 is 2.00 bits per heavy atom. The van der Waals surface area contributed by atoms with Crippen molar-refractivity contribution in [3.63, 3.8) is 0 Å². The Labute approximate surface area is 117 Å². The van der Waals surface area contributed by atoms with Crippen LogP contribution in [0.15, 0.2) is 36.5 Å². The first-order valence-electron chi connectivity index (χ1n) is 6.25. The molecule has 0 spiro atoms. The van der Waals surface area contributed by atoms with Gasteiger partial charge in [-0.3, -0.25) is 0 Å². The van der Waals surface area contributed by atoms with Gasteiger partial charge in [0.05, 0.1) is 5.56 Å². The van der Waals surface area contributed by atoms with Crippen molar-refractivity contribution >= 4 is 11.7 Å². The molecule has 0 aliphatic heterocycles. The Morgan fingerprint density at radius 3 is 2.65 bits per heavy atom. The molecule has 0 amide bonds. The number of nitrogens with zero attached hydrogens (tertiary/aromatic N) is 1. The van der Waals surface area contributed by atoms with Crippen molar-refractivity contribution in [1.29, 1.82) is 0 Å². The molecule has 1 heterocycles. The van der Waals surface area contributed by atoms with Crippen LogP contribution in [0.2, 0.25) is 0 Å². The smallest absolute Gasteiger partial charge is 0.338 e. The van der Waals surface area contributed by atoms with Crippen LogP contribution in [-0.2, 0) is 0 Å². The summed E-state index contributed by atoms with van der Waals surface area (Å²) in [5.41, 5.74) is 6.81. The number of ether oxygens (including phenoxy) is 1. The molecular weight excluding hydrogens is 256 g/mol. The zero-order valence-electron chi connectivity index (χ0n) is 11.3. The Kier molecular flexibility index (Phi) is 3.89. The number of nitrogens with two attached hydrogens (primary N) is 1. The normalized spacial score (nSPS) is 10.6. The first-order valence-corrected chi connectivity index (χ1v) is 6.25. The van der Waals surface area contributed by atoms with Gasteiger partial charge in [-0.1, -0.05) is 32.0 Å². The average Bonchev–Trinajstić information content (AvgIpc) is 2.41. The minimum Gasteiger partial charge on any atom is -0.478 e. The summed E-state index contributed by atoms with van der Waals surface area (Å²) in [6, 6.07) is 8.88. The molecule has 0 saturated carbocycles. The van der Waals surface area contributed by atoms with Gasteiger partial charge in [0.25, 0.3) is 0 Å². The second kappa shape index (κ2) is 5.61. The summed E-state index contributed by atoms with van der Waals surface area (Å²) < 4.78 is 5.69. The third kappa shape index (κ3) is 2.71. The van der Waals surface area contributed by atoms with Gasteiger partial charge in [0.2, 0.25) is 5.88 Å². The van der Waals surface area contributed by atoms with E-state index in [2.05, 4.69) is 4.98 Å². The van der Waals surface area contributed by atoms with Crippen molar-refractivity contribution in [2.75, 3.05) is 5.73 Å². The van der Waals surface area contributed by atoms with Crippen molar-refractivity contribution in [3.8, 4) is 11.6 Å². The highest BCUT2D eigenvalue weighted by molar-refractivity contribution is 5.94. The highest BCUT2D eigenvalue weighted by atomic mass is 16.5. The summed E-state index contributed by atoms with van der Waals surface area (Å²) in [6.45, 7) is 4.10. The number of pyridine rings is 1. The second-order valence-corrected chi connectivity index (χ2v) is 4.68. The highest BCUT2D eigenvalue weighted by Crippen LogP contribution is 2.32. The zero-order chi connectivity index (χ0) is 14.7. The second-order valence-electron chi connectivity index (χ2n) is 4.68. The van der Waals surface area contributed by atoms with Gasteiger partial charge in [-0.2, -0.15) is 0 Å². The highest BCUT2D eigenvalue weighted by Gasteiger charge is 2.15. The van der Waals surface area contributed by atoms with Gasteiger partial charge >= 0.3 is 5.97 Å². The van der Waals surface area contributed by atoms with E-state index in [1.165, 1.54) is 12.3 Å². The van der Waals surface area contributed by atoms with Crippen LogP contribution in [0.4, 0.5) is 5.69 Å². The van der Waals surface area contributed by atoms with Crippen LogP contribution in [0.25, 0.3) is 0 Å². The number of benzene rings is 1. The maximum absolute atomic E-state index is 11.0. The van der Waals surface area contributed by atoms with E-state index in [4.69, 9.17) is 15.6 Å². The number of hydrogen-bond acceptors (Lipinski definition) is 4. The molecule has 0 saturated heterocycles. The maximum Gasteiger partial charge on any atom is 0.338 e. The van der Waals surface area contributed by atoms with Crippen molar-refractivity contribution in [1.82, 2.24) is 4.98 Å². The number of aromatic carboxylic acids is 1. The number of carboxylic acids is 1. The van der Waals surface area contributed by atoms with Crippen molar-refractivity contribution in [3.05, 3.63) is 47.7 Å². The molecular formula is C15H16N2O3. The molecule has 2 aromatic rings. The molecule has 20 heavy (non-hydrogen) atoms. The SMILES string of the molecule is CC(C)c1ccccc1Oc1nccc(C(=O)O)c1N. The first-order chi connectivity index (χ1) is 9.50. The molecule has 5 heteroatoms. The molecule has 5 nitrogen and oxygen atoms in total. The third-order valence-corrected chi connectivity index (χ3v) is 2.93.